The predicted molar refractivity (Wildman–Crippen MR) is 133 cm³/mol. The molecule has 0 atom stereocenters. The fraction of sp³-hybridized carbons (Fsp3) is 0.520. The Bertz CT molecular complexity index is 1310. The van der Waals surface area contributed by atoms with Crippen molar-refractivity contribution < 1.29 is 17.6 Å². The third-order valence-electron chi connectivity index (χ3n) is 7.04. The molecule has 10 heteroatoms. The quantitative estimate of drug-likeness (QED) is 0.518. The summed E-state index contributed by atoms with van der Waals surface area (Å²) in [5, 5.41) is 0. The number of imidazole rings is 1. The molecule has 1 amide bonds. The van der Waals surface area contributed by atoms with Gasteiger partial charge in [-0.15, -0.1) is 0 Å². The number of aromatic nitrogens is 2. The third kappa shape index (κ3) is 4.74. The number of piperidine rings is 1. The Balaban J connectivity index is 1.30. The lowest BCUT2D eigenvalue weighted by molar-refractivity contribution is 0.0592. The topological polar surface area (TPSA) is 91.9 Å². The number of fused-ring (bicyclic) bond motifs is 1. The summed E-state index contributed by atoms with van der Waals surface area (Å²) in [6.45, 7) is 9.22. The first-order chi connectivity index (χ1) is 16.9. The van der Waals surface area contributed by atoms with E-state index in [4.69, 9.17) is 9.40 Å². The van der Waals surface area contributed by atoms with E-state index in [9.17, 15) is 13.2 Å². The van der Waals surface area contributed by atoms with E-state index in [0.29, 0.717) is 48.9 Å². The van der Waals surface area contributed by atoms with Gasteiger partial charge in [-0.3, -0.25) is 9.69 Å². The maximum Gasteiger partial charge on any atom is 0.289 e. The molecule has 188 valence electrons. The molecule has 4 heterocycles. The van der Waals surface area contributed by atoms with Crippen LogP contribution in [0.3, 0.4) is 0 Å². The van der Waals surface area contributed by atoms with Crippen LogP contribution < -0.4 is 0 Å². The fourth-order valence-corrected chi connectivity index (χ4v) is 6.60. The SMILES string of the molecule is CCn1c(CN2CCN(C(=O)c3ccc(C)o3)CC2)nc2cc(S(=O)(=O)N3CCCCC3)ccc21. The number of hydrogen-bond donors (Lipinski definition) is 0. The van der Waals surface area contributed by atoms with Gasteiger partial charge in [-0.25, -0.2) is 13.4 Å². The summed E-state index contributed by atoms with van der Waals surface area (Å²) in [6.07, 6.45) is 2.91. The van der Waals surface area contributed by atoms with Crippen molar-refractivity contribution in [2.75, 3.05) is 39.3 Å². The Kier molecular flexibility index (Phi) is 6.69. The van der Waals surface area contributed by atoms with Crippen LogP contribution in [-0.4, -0.2) is 77.2 Å². The first-order valence-electron chi connectivity index (χ1n) is 12.4. The Morgan fingerprint density at radius 1 is 1.00 bits per heavy atom. The Morgan fingerprint density at radius 2 is 1.74 bits per heavy atom. The minimum absolute atomic E-state index is 0.0685. The van der Waals surface area contributed by atoms with Gasteiger partial charge in [-0.05, 0) is 57.0 Å². The summed E-state index contributed by atoms with van der Waals surface area (Å²) in [5.41, 5.74) is 1.66. The molecular weight excluding hydrogens is 466 g/mol. The highest BCUT2D eigenvalue weighted by Crippen LogP contribution is 2.26. The number of piperazine rings is 1. The van der Waals surface area contributed by atoms with Crippen molar-refractivity contribution >= 4 is 27.0 Å². The number of nitrogens with zero attached hydrogens (tertiary/aromatic N) is 5. The molecule has 2 fully saturated rings. The Labute approximate surface area is 206 Å². The van der Waals surface area contributed by atoms with Gasteiger partial charge in [0.05, 0.1) is 22.5 Å². The number of carbonyl (C=O) groups excluding carboxylic acids is 1. The van der Waals surface area contributed by atoms with Crippen LogP contribution in [0.15, 0.2) is 39.6 Å². The molecular formula is C25H33N5O4S. The van der Waals surface area contributed by atoms with Crippen LogP contribution in [0.1, 0.15) is 48.3 Å². The highest BCUT2D eigenvalue weighted by atomic mass is 32.2. The summed E-state index contributed by atoms with van der Waals surface area (Å²) in [6, 6.07) is 8.85. The summed E-state index contributed by atoms with van der Waals surface area (Å²) < 4.78 is 35.5. The van der Waals surface area contributed by atoms with E-state index in [2.05, 4.69) is 16.4 Å². The molecule has 9 nitrogen and oxygen atoms in total. The van der Waals surface area contributed by atoms with E-state index in [-0.39, 0.29) is 5.91 Å². The van der Waals surface area contributed by atoms with Crippen LogP contribution >= 0.6 is 0 Å². The van der Waals surface area contributed by atoms with E-state index in [1.165, 1.54) is 0 Å². The molecule has 0 spiro atoms. The van der Waals surface area contributed by atoms with E-state index >= 15 is 0 Å². The molecule has 1 aromatic carbocycles. The number of rotatable bonds is 6. The molecule has 0 radical (unpaired) electrons. The van der Waals surface area contributed by atoms with Gasteiger partial charge in [0, 0.05) is 45.8 Å². The molecule has 0 aliphatic carbocycles. The first-order valence-corrected chi connectivity index (χ1v) is 13.9. The molecule has 2 aliphatic rings. The van der Waals surface area contributed by atoms with Gasteiger partial charge in [0.2, 0.25) is 10.0 Å². The highest BCUT2D eigenvalue weighted by Gasteiger charge is 2.28. The number of hydrogen-bond acceptors (Lipinski definition) is 6. The van der Waals surface area contributed by atoms with Gasteiger partial charge in [0.1, 0.15) is 11.6 Å². The zero-order chi connectivity index (χ0) is 24.6. The molecule has 2 aromatic heterocycles. The second-order valence-electron chi connectivity index (χ2n) is 9.37. The second-order valence-corrected chi connectivity index (χ2v) is 11.3. The van der Waals surface area contributed by atoms with Crippen molar-refractivity contribution in [1.29, 1.82) is 0 Å². The van der Waals surface area contributed by atoms with Crippen molar-refractivity contribution in [3.63, 3.8) is 0 Å². The molecule has 3 aromatic rings. The molecule has 5 rings (SSSR count). The van der Waals surface area contributed by atoms with Crippen molar-refractivity contribution in [2.45, 2.75) is 51.1 Å². The molecule has 0 saturated carbocycles. The second kappa shape index (κ2) is 9.75. The van der Waals surface area contributed by atoms with Gasteiger partial charge < -0.3 is 13.9 Å². The molecule has 35 heavy (non-hydrogen) atoms. The maximum atomic E-state index is 13.1. The predicted octanol–water partition coefficient (Wildman–Crippen LogP) is 3.09. The lowest BCUT2D eigenvalue weighted by atomic mass is 10.2. The Hall–Kier alpha value is -2.69. The van der Waals surface area contributed by atoms with Crippen LogP contribution in [0.4, 0.5) is 0 Å². The number of aryl methyl sites for hydroxylation is 2. The minimum Gasteiger partial charge on any atom is -0.456 e. The smallest absolute Gasteiger partial charge is 0.289 e. The summed E-state index contributed by atoms with van der Waals surface area (Å²) in [4.78, 5) is 21.9. The molecule has 0 N–H and O–H groups in total. The van der Waals surface area contributed by atoms with Crippen LogP contribution in [0.25, 0.3) is 11.0 Å². The van der Waals surface area contributed by atoms with Crippen LogP contribution in [0.2, 0.25) is 0 Å². The average molecular weight is 500 g/mol. The van der Waals surface area contributed by atoms with E-state index in [0.717, 1.165) is 56.0 Å². The van der Waals surface area contributed by atoms with Gasteiger partial charge in [-0.1, -0.05) is 6.42 Å². The van der Waals surface area contributed by atoms with Gasteiger partial charge in [0.15, 0.2) is 5.76 Å². The first kappa shape index (κ1) is 24.0. The van der Waals surface area contributed by atoms with Crippen LogP contribution in [0, 0.1) is 6.92 Å². The number of carbonyl (C=O) groups is 1. The molecule has 0 bridgehead atoms. The van der Waals surface area contributed by atoms with Crippen molar-refractivity contribution in [3.05, 3.63) is 47.7 Å². The van der Waals surface area contributed by atoms with Crippen LogP contribution in [0.5, 0.6) is 0 Å². The lowest BCUT2D eigenvalue weighted by Crippen LogP contribution is -2.48. The van der Waals surface area contributed by atoms with E-state index < -0.39 is 10.0 Å². The monoisotopic (exact) mass is 499 g/mol. The van der Waals surface area contributed by atoms with Gasteiger partial charge in [0.25, 0.3) is 5.91 Å². The van der Waals surface area contributed by atoms with E-state index in [1.54, 1.807) is 22.5 Å². The summed E-state index contributed by atoms with van der Waals surface area (Å²) in [7, 11) is -3.50. The maximum absolute atomic E-state index is 13.1. The number of benzene rings is 1. The lowest BCUT2D eigenvalue weighted by Gasteiger charge is -2.34. The molecule has 0 unspecified atom stereocenters. The number of amides is 1. The minimum atomic E-state index is -3.50. The van der Waals surface area contributed by atoms with Gasteiger partial charge in [-0.2, -0.15) is 4.31 Å². The zero-order valence-electron chi connectivity index (χ0n) is 20.4. The summed E-state index contributed by atoms with van der Waals surface area (Å²) >= 11 is 0. The molecule has 2 aliphatic heterocycles. The van der Waals surface area contributed by atoms with Crippen molar-refractivity contribution in [1.82, 2.24) is 23.7 Å². The highest BCUT2D eigenvalue weighted by molar-refractivity contribution is 7.89. The standard InChI is InChI=1S/C25H33N5O4S/c1-3-30-22-9-8-20(35(32,33)29-11-5-4-6-12-29)17-21(22)26-24(30)18-27-13-15-28(16-14-27)25(31)23-10-7-19(2)34-23/h7-10,17H,3-6,11-16,18H2,1-2H3. The van der Waals surface area contributed by atoms with Crippen molar-refractivity contribution in [2.24, 2.45) is 0 Å². The molecule has 2 saturated heterocycles. The fourth-order valence-electron chi connectivity index (χ4n) is 5.06. The van der Waals surface area contributed by atoms with Crippen LogP contribution in [-0.2, 0) is 23.1 Å². The normalized spacial score (nSPS) is 18.4. The Morgan fingerprint density at radius 3 is 2.40 bits per heavy atom. The van der Waals surface area contributed by atoms with Gasteiger partial charge >= 0.3 is 0 Å². The number of sulfonamides is 1. The third-order valence-corrected chi connectivity index (χ3v) is 8.94. The zero-order valence-corrected chi connectivity index (χ0v) is 21.3. The van der Waals surface area contributed by atoms with E-state index in [1.807, 2.05) is 24.0 Å². The average Bonchev–Trinajstić information content (AvgIpc) is 3.46. The number of furan rings is 1. The van der Waals surface area contributed by atoms with Crippen molar-refractivity contribution in [3.8, 4) is 0 Å². The largest absolute Gasteiger partial charge is 0.456 e. The summed E-state index contributed by atoms with van der Waals surface area (Å²) in [5.74, 6) is 1.97.